The van der Waals surface area contributed by atoms with Gasteiger partial charge in [-0.1, -0.05) is 24.3 Å². The quantitative estimate of drug-likeness (QED) is 0.903. The van der Waals surface area contributed by atoms with E-state index in [0.717, 1.165) is 23.1 Å². The van der Waals surface area contributed by atoms with Crippen LogP contribution in [0, 0.1) is 0 Å². The number of fused-ring (bicyclic) bond motifs is 1. The number of benzene rings is 1. The molecule has 5 heteroatoms. The summed E-state index contributed by atoms with van der Waals surface area (Å²) < 4.78 is 0. The van der Waals surface area contributed by atoms with Gasteiger partial charge in [0, 0.05) is 31.2 Å². The van der Waals surface area contributed by atoms with Crippen molar-refractivity contribution in [2.75, 3.05) is 25.0 Å². The summed E-state index contributed by atoms with van der Waals surface area (Å²) in [6.07, 6.45) is 1.87. The predicted molar refractivity (Wildman–Crippen MR) is 82.4 cm³/mol. The van der Waals surface area contributed by atoms with Crippen molar-refractivity contribution >= 4 is 22.5 Å². The summed E-state index contributed by atoms with van der Waals surface area (Å²) in [5.74, 6) is 0.740. The fourth-order valence-electron chi connectivity index (χ4n) is 2.77. The number of carbonyl (C=O) groups excluding carboxylic acids is 1. The number of carbonyl (C=O) groups is 1. The Kier molecular flexibility index (Phi) is 3.75. The van der Waals surface area contributed by atoms with Gasteiger partial charge in [0.2, 0.25) is 0 Å². The Morgan fingerprint density at radius 1 is 1.43 bits per heavy atom. The number of nitrogens with zero attached hydrogens (tertiary/aromatic N) is 2. The van der Waals surface area contributed by atoms with Crippen molar-refractivity contribution in [3.05, 3.63) is 36.0 Å². The predicted octanol–water partition coefficient (Wildman–Crippen LogP) is 1.87. The lowest BCUT2D eigenvalue weighted by Gasteiger charge is -2.17. The minimum absolute atomic E-state index is 0.0571. The molecule has 1 aromatic carbocycles. The van der Waals surface area contributed by atoms with Crippen LogP contribution in [0.1, 0.15) is 23.7 Å². The second-order valence-electron chi connectivity index (χ2n) is 5.29. The number of aliphatic hydroxyl groups excluding tert-OH is 1. The number of anilines is 1. The molecule has 0 saturated carbocycles. The fraction of sp³-hybridized carbons (Fsp3) is 0.375. The monoisotopic (exact) mass is 285 g/mol. The number of likely N-dealkylation sites (tertiary alicyclic amines) is 1. The van der Waals surface area contributed by atoms with Crippen molar-refractivity contribution < 1.29 is 9.90 Å². The van der Waals surface area contributed by atoms with Crippen LogP contribution < -0.4 is 5.32 Å². The molecule has 1 aliphatic rings. The number of hydrogen-bond acceptors (Lipinski definition) is 4. The van der Waals surface area contributed by atoms with Gasteiger partial charge in [-0.05, 0) is 18.7 Å². The molecular formula is C16H19N3O2. The maximum atomic E-state index is 12.6. The normalized spacial score (nSPS) is 18.2. The maximum absolute atomic E-state index is 12.6. The minimum Gasteiger partial charge on any atom is -0.391 e. The standard InChI is InChI=1S/C16H19N3O2/c1-2-17-15-13-6-4-3-5-12(13)14(9-18-15)16(21)19-8-7-11(20)10-19/h3-6,9,11,20H,2,7-8,10H2,1H3,(H,17,18). The smallest absolute Gasteiger partial charge is 0.256 e. The molecule has 2 heterocycles. The van der Waals surface area contributed by atoms with E-state index in [9.17, 15) is 9.90 Å². The van der Waals surface area contributed by atoms with E-state index < -0.39 is 6.10 Å². The molecule has 0 radical (unpaired) electrons. The molecule has 1 amide bonds. The first-order valence-electron chi connectivity index (χ1n) is 7.29. The van der Waals surface area contributed by atoms with Gasteiger partial charge < -0.3 is 15.3 Å². The minimum atomic E-state index is -0.408. The van der Waals surface area contributed by atoms with E-state index >= 15 is 0 Å². The van der Waals surface area contributed by atoms with Crippen LogP contribution in [-0.4, -0.2) is 46.6 Å². The highest BCUT2D eigenvalue weighted by molar-refractivity contribution is 6.09. The molecule has 0 bridgehead atoms. The van der Waals surface area contributed by atoms with Gasteiger partial charge in [-0.25, -0.2) is 4.98 Å². The lowest BCUT2D eigenvalue weighted by Crippen LogP contribution is -2.29. The van der Waals surface area contributed by atoms with Gasteiger partial charge >= 0.3 is 0 Å². The van der Waals surface area contributed by atoms with Crippen LogP contribution in [0.2, 0.25) is 0 Å². The zero-order valence-electron chi connectivity index (χ0n) is 12.0. The molecule has 1 fully saturated rings. The van der Waals surface area contributed by atoms with E-state index in [0.29, 0.717) is 25.1 Å². The van der Waals surface area contributed by atoms with E-state index in [-0.39, 0.29) is 5.91 Å². The number of amides is 1. The molecule has 1 aromatic heterocycles. The highest BCUT2D eigenvalue weighted by atomic mass is 16.3. The van der Waals surface area contributed by atoms with Gasteiger partial charge in [0.1, 0.15) is 5.82 Å². The molecule has 2 aromatic rings. The van der Waals surface area contributed by atoms with Crippen LogP contribution in [0.5, 0.6) is 0 Å². The van der Waals surface area contributed by atoms with Gasteiger partial charge in [0.15, 0.2) is 0 Å². The zero-order chi connectivity index (χ0) is 14.8. The summed E-state index contributed by atoms with van der Waals surface area (Å²) in [4.78, 5) is 18.7. The Labute approximate surface area is 123 Å². The third-order valence-corrected chi connectivity index (χ3v) is 3.82. The Morgan fingerprint density at radius 2 is 2.19 bits per heavy atom. The molecule has 3 rings (SSSR count). The van der Waals surface area contributed by atoms with Crippen molar-refractivity contribution in [1.29, 1.82) is 0 Å². The molecule has 2 N–H and O–H groups in total. The van der Waals surface area contributed by atoms with Gasteiger partial charge in [-0.2, -0.15) is 0 Å². The highest BCUT2D eigenvalue weighted by Gasteiger charge is 2.26. The maximum Gasteiger partial charge on any atom is 0.256 e. The van der Waals surface area contributed by atoms with Crippen LogP contribution in [0.25, 0.3) is 10.8 Å². The van der Waals surface area contributed by atoms with E-state index in [1.54, 1.807) is 11.1 Å². The molecule has 1 saturated heterocycles. The third-order valence-electron chi connectivity index (χ3n) is 3.82. The molecule has 5 nitrogen and oxygen atoms in total. The SMILES string of the molecule is CCNc1ncc(C(=O)N2CCC(O)C2)c2ccccc12. The molecule has 0 aliphatic carbocycles. The summed E-state index contributed by atoms with van der Waals surface area (Å²) in [5.41, 5.74) is 0.598. The van der Waals surface area contributed by atoms with Crippen molar-refractivity contribution in [1.82, 2.24) is 9.88 Å². The average Bonchev–Trinajstić information content (AvgIpc) is 2.94. The van der Waals surface area contributed by atoms with Crippen LogP contribution in [0.3, 0.4) is 0 Å². The summed E-state index contributed by atoms with van der Waals surface area (Å²) in [6, 6.07) is 7.78. The largest absolute Gasteiger partial charge is 0.391 e. The lowest BCUT2D eigenvalue weighted by atomic mass is 10.1. The number of hydrogen-bond donors (Lipinski definition) is 2. The summed E-state index contributed by atoms with van der Waals surface area (Å²) in [7, 11) is 0. The number of aromatic nitrogens is 1. The molecule has 0 spiro atoms. The van der Waals surface area contributed by atoms with Crippen molar-refractivity contribution in [2.45, 2.75) is 19.4 Å². The third kappa shape index (κ3) is 2.56. The first-order valence-corrected chi connectivity index (χ1v) is 7.29. The number of pyridine rings is 1. The number of aliphatic hydroxyl groups is 1. The van der Waals surface area contributed by atoms with Crippen molar-refractivity contribution in [2.24, 2.45) is 0 Å². The number of β-amino-alcohol motifs (C(OH)–C–C–N with tert-alkyl or cyclic N) is 1. The summed E-state index contributed by atoms with van der Waals surface area (Å²) in [5, 5.41) is 14.7. The van der Waals surface area contributed by atoms with Gasteiger partial charge in [-0.15, -0.1) is 0 Å². The van der Waals surface area contributed by atoms with E-state index in [1.807, 2.05) is 31.2 Å². The van der Waals surface area contributed by atoms with Gasteiger partial charge in [-0.3, -0.25) is 4.79 Å². The van der Waals surface area contributed by atoms with Crippen LogP contribution in [-0.2, 0) is 0 Å². The van der Waals surface area contributed by atoms with Gasteiger partial charge in [0.05, 0.1) is 11.7 Å². The second kappa shape index (κ2) is 5.69. The first kappa shape index (κ1) is 13.8. The Morgan fingerprint density at radius 3 is 2.86 bits per heavy atom. The van der Waals surface area contributed by atoms with Crippen molar-refractivity contribution in [3.63, 3.8) is 0 Å². The molecule has 1 unspecified atom stereocenters. The summed E-state index contributed by atoms with van der Waals surface area (Å²) >= 11 is 0. The van der Waals surface area contributed by atoms with Crippen LogP contribution >= 0.6 is 0 Å². The molecule has 21 heavy (non-hydrogen) atoms. The Hall–Kier alpha value is -2.14. The fourth-order valence-corrected chi connectivity index (χ4v) is 2.77. The second-order valence-corrected chi connectivity index (χ2v) is 5.29. The number of nitrogens with one attached hydrogen (secondary N) is 1. The lowest BCUT2D eigenvalue weighted by molar-refractivity contribution is 0.0766. The Bertz CT molecular complexity index is 672. The molecular weight excluding hydrogens is 266 g/mol. The number of rotatable bonds is 3. The molecule has 1 aliphatic heterocycles. The highest BCUT2D eigenvalue weighted by Crippen LogP contribution is 2.26. The topological polar surface area (TPSA) is 65.5 Å². The first-order chi connectivity index (χ1) is 10.2. The molecule has 1 atom stereocenters. The van der Waals surface area contributed by atoms with Crippen molar-refractivity contribution in [3.8, 4) is 0 Å². The Balaban J connectivity index is 2.03. The average molecular weight is 285 g/mol. The van der Waals surface area contributed by atoms with Crippen LogP contribution in [0.4, 0.5) is 5.82 Å². The van der Waals surface area contributed by atoms with E-state index in [4.69, 9.17) is 0 Å². The summed E-state index contributed by atoms with van der Waals surface area (Å²) in [6.45, 7) is 3.80. The zero-order valence-corrected chi connectivity index (χ0v) is 12.0. The van der Waals surface area contributed by atoms with E-state index in [2.05, 4.69) is 10.3 Å². The molecule has 110 valence electrons. The van der Waals surface area contributed by atoms with E-state index in [1.165, 1.54) is 0 Å². The van der Waals surface area contributed by atoms with Gasteiger partial charge in [0.25, 0.3) is 5.91 Å². The van der Waals surface area contributed by atoms with Crippen LogP contribution in [0.15, 0.2) is 30.5 Å².